The molecular weight excluding hydrogens is 279 g/mol. The predicted molar refractivity (Wildman–Crippen MR) is 84.4 cm³/mol. The van der Waals surface area contributed by atoms with Crippen LogP contribution >= 0.6 is 0 Å². The Kier molecular flexibility index (Phi) is 4.77. The monoisotopic (exact) mass is 305 g/mol. The Labute approximate surface area is 132 Å². The van der Waals surface area contributed by atoms with Crippen molar-refractivity contribution in [3.05, 3.63) is 35.6 Å². The summed E-state index contributed by atoms with van der Waals surface area (Å²) in [6.45, 7) is 6.08. The third-order valence-electron chi connectivity index (χ3n) is 5.30. The first-order chi connectivity index (χ1) is 10.6. The highest BCUT2D eigenvalue weighted by molar-refractivity contribution is 5.94. The summed E-state index contributed by atoms with van der Waals surface area (Å²) in [6.07, 6.45) is 5.40. The van der Waals surface area contributed by atoms with Crippen LogP contribution in [0.5, 0.6) is 0 Å². The van der Waals surface area contributed by atoms with Gasteiger partial charge in [0.15, 0.2) is 0 Å². The van der Waals surface area contributed by atoms with E-state index in [0.717, 1.165) is 38.1 Å². The molecule has 4 heteroatoms. The molecule has 1 heterocycles. The maximum Gasteiger partial charge on any atom is 0.254 e. The third kappa shape index (κ3) is 3.49. The van der Waals surface area contributed by atoms with Gasteiger partial charge in [-0.25, -0.2) is 4.39 Å². The van der Waals surface area contributed by atoms with E-state index in [-0.39, 0.29) is 11.7 Å². The van der Waals surface area contributed by atoms with E-state index in [9.17, 15) is 9.18 Å². The van der Waals surface area contributed by atoms with Gasteiger partial charge in [-0.1, -0.05) is 13.3 Å². The number of quaternary nitrogens is 1. The van der Waals surface area contributed by atoms with E-state index in [1.807, 2.05) is 4.90 Å². The van der Waals surface area contributed by atoms with Crippen LogP contribution in [0.3, 0.4) is 0 Å². The van der Waals surface area contributed by atoms with E-state index in [2.05, 4.69) is 6.92 Å². The zero-order valence-corrected chi connectivity index (χ0v) is 13.4. The molecule has 0 radical (unpaired) electrons. The molecule has 1 N–H and O–H groups in total. The molecule has 1 saturated carbocycles. The number of halogens is 1. The summed E-state index contributed by atoms with van der Waals surface area (Å²) in [7, 11) is 0. The number of piperazine rings is 1. The molecule has 120 valence electrons. The first-order valence-electron chi connectivity index (χ1n) is 8.53. The summed E-state index contributed by atoms with van der Waals surface area (Å²) >= 11 is 0. The quantitative estimate of drug-likeness (QED) is 0.884. The molecule has 1 amide bonds. The van der Waals surface area contributed by atoms with Crippen LogP contribution in [-0.2, 0) is 0 Å². The molecule has 2 fully saturated rings. The number of carbonyl (C=O) groups excluding carboxylic acids is 1. The standard InChI is InChI=1S/C18H25FN2O/c1-14-3-2-4-17(13-14)20-9-11-21(12-10-20)18(22)15-5-7-16(19)8-6-15/h5-8,14,17H,2-4,9-13H2,1H3/p+1. The van der Waals surface area contributed by atoms with Gasteiger partial charge in [-0.2, -0.15) is 0 Å². The number of amides is 1. The average molecular weight is 305 g/mol. The second kappa shape index (κ2) is 6.78. The van der Waals surface area contributed by atoms with Crippen molar-refractivity contribution in [3.8, 4) is 0 Å². The highest BCUT2D eigenvalue weighted by Crippen LogP contribution is 2.22. The molecule has 0 bridgehead atoms. The minimum Gasteiger partial charge on any atom is -0.330 e. The van der Waals surface area contributed by atoms with Crippen molar-refractivity contribution in [1.82, 2.24) is 4.90 Å². The number of carbonyl (C=O) groups is 1. The van der Waals surface area contributed by atoms with Crippen LogP contribution in [0.15, 0.2) is 24.3 Å². The van der Waals surface area contributed by atoms with Crippen LogP contribution < -0.4 is 4.90 Å². The number of benzene rings is 1. The van der Waals surface area contributed by atoms with Gasteiger partial charge >= 0.3 is 0 Å². The Morgan fingerprint density at radius 3 is 2.50 bits per heavy atom. The van der Waals surface area contributed by atoms with Gasteiger partial charge in [0, 0.05) is 12.0 Å². The van der Waals surface area contributed by atoms with Gasteiger partial charge in [-0.3, -0.25) is 4.79 Å². The fraction of sp³-hybridized carbons (Fsp3) is 0.611. The van der Waals surface area contributed by atoms with Crippen LogP contribution in [-0.4, -0.2) is 43.0 Å². The second-order valence-electron chi connectivity index (χ2n) is 6.93. The van der Waals surface area contributed by atoms with Crippen LogP contribution in [0.25, 0.3) is 0 Å². The highest BCUT2D eigenvalue weighted by atomic mass is 19.1. The Bertz CT molecular complexity index is 508. The van der Waals surface area contributed by atoms with Crippen molar-refractivity contribution in [2.24, 2.45) is 5.92 Å². The van der Waals surface area contributed by atoms with Crippen molar-refractivity contribution in [2.75, 3.05) is 26.2 Å². The number of rotatable bonds is 2. The zero-order valence-electron chi connectivity index (χ0n) is 13.4. The lowest BCUT2D eigenvalue weighted by molar-refractivity contribution is -0.930. The fourth-order valence-corrected chi connectivity index (χ4v) is 3.99. The molecule has 1 aromatic rings. The van der Waals surface area contributed by atoms with Gasteiger partial charge < -0.3 is 9.80 Å². The predicted octanol–water partition coefficient (Wildman–Crippen LogP) is 1.75. The molecule has 2 atom stereocenters. The average Bonchev–Trinajstić information content (AvgIpc) is 2.55. The Morgan fingerprint density at radius 1 is 1.18 bits per heavy atom. The lowest BCUT2D eigenvalue weighted by Crippen LogP contribution is -3.18. The van der Waals surface area contributed by atoms with E-state index in [1.165, 1.54) is 37.8 Å². The number of hydrogen-bond acceptors (Lipinski definition) is 1. The van der Waals surface area contributed by atoms with Crippen molar-refractivity contribution < 1.29 is 14.1 Å². The SMILES string of the molecule is CC1CCCC([NH+]2CCN(C(=O)c3ccc(F)cc3)CC2)C1. The van der Waals surface area contributed by atoms with E-state index >= 15 is 0 Å². The van der Waals surface area contributed by atoms with Gasteiger partial charge in [0.2, 0.25) is 0 Å². The zero-order chi connectivity index (χ0) is 15.5. The second-order valence-corrected chi connectivity index (χ2v) is 6.93. The maximum atomic E-state index is 13.0. The van der Waals surface area contributed by atoms with Gasteiger partial charge in [0.25, 0.3) is 5.91 Å². The lowest BCUT2D eigenvalue weighted by Gasteiger charge is -2.39. The van der Waals surface area contributed by atoms with E-state index < -0.39 is 0 Å². The molecular formula is C18H26FN2O+. The molecule has 1 aromatic carbocycles. The first kappa shape index (κ1) is 15.5. The minimum atomic E-state index is -0.294. The minimum absolute atomic E-state index is 0.0380. The number of nitrogens with zero attached hydrogens (tertiary/aromatic N) is 1. The molecule has 3 nitrogen and oxygen atoms in total. The summed E-state index contributed by atoms with van der Waals surface area (Å²) in [5, 5.41) is 0. The lowest BCUT2D eigenvalue weighted by atomic mass is 9.86. The Balaban J connectivity index is 1.55. The largest absolute Gasteiger partial charge is 0.330 e. The number of hydrogen-bond donors (Lipinski definition) is 1. The summed E-state index contributed by atoms with van der Waals surface area (Å²) in [6, 6.07) is 6.67. The van der Waals surface area contributed by atoms with Crippen LogP contribution in [0.2, 0.25) is 0 Å². The molecule has 2 unspecified atom stereocenters. The van der Waals surface area contributed by atoms with Crippen molar-refractivity contribution in [3.63, 3.8) is 0 Å². The molecule has 22 heavy (non-hydrogen) atoms. The normalized spacial score (nSPS) is 26.9. The fourth-order valence-electron chi connectivity index (χ4n) is 3.99. The smallest absolute Gasteiger partial charge is 0.254 e. The molecule has 2 aliphatic rings. The highest BCUT2D eigenvalue weighted by Gasteiger charge is 2.32. The molecule has 1 aliphatic carbocycles. The van der Waals surface area contributed by atoms with E-state index in [0.29, 0.717) is 5.56 Å². The Hall–Kier alpha value is -1.42. The molecule has 0 spiro atoms. The van der Waals surface area contributed by atoms with Crippen LogP contribution in [0.4, 0.5) is 4.39 Å². The van der Waals surface area contributed by atoms with Crippen molar-refractivity contribution in [2.45, 2.75) is 38.6 Å². The van der Waals surface area contributed by atoms with Gasteiger partial charge in [-0.15, -0.1) is 0 Å². The maximum absolute atomic E-state index is 13.0. The topological polar surface area (TPSA) is 24.8 Å². The van der Waals surface area contributed by atoms with Crippen molar-refractivity contribution in [1.29, 1.82) is 0 Å². The van der Waals surface area contributed by atoms with E-state index in [4.69, 9.17) is 0 Å². The molecule has 3 rings (SSSR count). The van der Waals surface area contributed by atoms with Gasteiger partial charge in [0.1, 0.15) is 5.82 Å². The summed E-state index contributed by atoms with van der Waals surface area (Å²) < 4.78 is 13.0. The molecule has 0 aromatic heterocycles. The summed E-state index contributed by atoms with van der Waals surface area (Å²) in [5.41, 5.74) is 0.594. The first-order valence-corrected chi connectivity index (χ1v) is 8.53. The molecule has 1 aliphatic heterocycles. The summed E-state index contributed by atoms with van der Waals surface area (Å²) in [4.78, 5) is 16.0. The third-order valence-corrected chi connectivity index (χ3v) is 5.30. The Morgan fingerprint density at radius 2 is 1.86 bits per heavy atom. The number of nitrogens with one attached hydrogen (secondary N) is 1. The van der Waals surface area contributed by atoms with Gasteiger partial charge in [0.05, 0.1) is 32.2 Å². The van der Waals surface area contributed by atoms with Gasteiger partial charge in [-0.05, 0) is 43.0 Å². The molecule has 1 saturated heterocycles. The van der Waals surface area contributed by atoms with Crippen LogP contribution in [0.1, 0.15) is 43.0 Å². The van der Waals surface area contributed by atoms with Crippen LogP contribution in [0, 0.1) is 11.7 Å². The summed E-state index contributed by atoms with van der Waals surface area (Å²) in [5.74, 6) is 0.596. The van der Waals surface area contributed by atoms with Crippen molar-refractivity contribution >= 4 is 5.91 Å². The van der Waals surface area contributed by atoms with E-state index in [1.54, 1.807) is 17.0 Å².